The third kappa shape index (κ3) is 2.50. The Morgan fingerprint density at radius 3 is 2.40 bits per heavy atom. The third-order valence-electron chi connectivity index (χ3n) is 4.35. The molecule has 1 aromatic rings. The van der Waals surface area contributed by atoms with Gasteiger partial charge < -0.3 is 15.5 Å². The SMILES string of the molecule is O=C(NC1(c2ccc(F)cc2)CCC1)N1CCNCC1. The number of benzene rings is 1. The predicted molar refractivity (Wildman–Crippen MR) is 74.9 cm³/mol. The van der Waals surface area contributed by atoms with Gasteiger partial charge in [0, 0.05) is 26.2 Å². The van der Waals surface area contributed by atoms with E-state index in [2.05, 4.69) is 10.6 Å². The van der Waals surface area contributed by atoms with Crippen LogP contribution in [-0.2, 0) is 5.54 Å². The third-order valence-corrected chi connectivity index (χ3v) is 4.35. The molecule has 1 heterocycles. The molecule has 1 aliphatic heterocycles. The molecule has 108 valence electrons. The summed E-state index contributed by atoms with van der Waals surface area (Å²) in [5.74, 6) is -0.239. The van der Waals surface area contributed by atoms with Crippen molar-refractivity contribution >= 4 is 6.03 Å². The number of urea groups is 1. The zero-order valence-electron chi connectivity index (χ0n) is 11.5. The molecular formula is C15H20FN3O. The Labute approximate surface area is 118 Å². The summed E-state index contributed by atoms with van der Waals surface area (Å²) in [6.45, 7) is 3.17. The van der Waals surface area contributed by atoms with Gasteiger partial charge in [0.2, 0.25) is 0 Å². The van der Waals surface area contributed by atoms with Crippen molar-refractivity contribution in [1.29, 1.82) is 0 Å². The standard InChI is InChI=1S/C15H20FN3O/c16-13-4-2-12(3-5-13)15(6-1-7-15)18-14(20)19-10-8-17-9-11-19/h2-5,17H,1,6-11H2,(H,18,20). The molecule has 0 unspecified atom stereocenters. The van der Waals surface area contributed by atoms with Crippen molar-refractivity contribution in [1.82, 2.24) is 15.5 Å². The molecule has 2 N–H and O–H groups in total. The van der Waals surface area contributed by atoms with Gasteiger partial charge >= 0.3 is 6.03 Å². The summed E-state index contributed by atoms with van der Waals surface area (Å²) < 4.78 is 13.0. The van der Waals surface area contributed by atoms with Crippen molar-refractivity contribution in [3.05, 3.63) is 35.6 Å². The average Bonchev–Trinajstić information content (AvgIpc) is 2.45. The Balaban J connectivity index is 1.72. The summed E-state index contributed by atoms with van der Waals surface area (Å²) in [6.07, 6.45) is 2.95. The van der Waals surface area contributed by atoms with Crippen LogP contribution in [0.5, 0.6) is 0 Å². The monoisotopic (exact) mass is 277 g/mol. The van der Waals surface area contributed by atoms with Crippen LogP contribution in [0.2, 0.25) is 0 Å². The smallest absolute Gasteiger partial charge is 0.318 e. The van der Waals surface area contributed by atoms with Crippen LogP contribution in [0.3, 0.4) is 0 Å². The molecule has 0 spiro atoms. The van der Waals surface area contributed by atoms with E-state index in [1.54, 1.807) is 12.1 Å². The number of nitrogens with one attached hydrogen (secondary N) is 2. The molecule has 4 nitrogen and oxygen atoms in total. The van der Waals surface area contributed by atoms with E-state index in [9.17, 15) is 9.18 Å². The van der Waals surface area contributed by atoms with Crippen molar-refractivity contribution in [2.75, 3.05) is 26.2 Å². The molecule has 1 aliphatic carbocycles. The Morgan fingerprint density at radius 2 is 1.85 bits per heavy atom. The van der Waals surface area contributed by atoms with Gasteiger partial charge in [0.25, 0.3) is 0 Å². The fraction of sp³-hybridized carbons (Fsp3) is 0.533. The zero-order valence-corrected chi connectivity index (χ0v) is 11.5. The summed E-state index contributed by atoms with van der Waals surface area (Å²) in [5.41, 5.74) is 0.712. The number of hydrogen-bond acceptors (Lipinski definition) is 2. The molecule has 2 amide bonds. The maximum absolute atomic E-state index is 13.0. The fourth-order valence-corrected chi connectivity index (χ4v) is 2.94. The molecule has 0 atom stereocenters. The number of halogens is 1. The van der Waals surface area contributed by atoms with Crippen LogP contribution in [0.1, 0.15) is 24.8 Å². The Hall–Kier alpha value is -1.62. The zero-order chi connectivity index (χ0) is 14.0. The molecule has 1 saturated carbocycles. The predicted octanol–water partition coefficient (Wildman–Crippen LogP) is 1.82. The van der Waals surface area contributed by atoms with Crippen molar-refractivity contribution in [2.24, 2.45) is 0 Å². The molecule has 1 aromatic carbocycles. The first kappa shape index (κ1) is 13.4. The Kier molecular flexibility index (Phi) is 3.61. The lowest BCUT2D eigenvalue weighted by molar-refractivity contribution is 0.145. The summed E-state index contributed by atoms with van der Waals surface area (Å²) in [5, 5.41) is 6.41. The number of piperazine rings is 1. The van der Waals surface area contributed by atoms with Gasteiger partial charge in [0.15, 0.2) is 0 Å². The lowest BCUT2D eigenvalue weighted by atomic mass is 9.72. The summed E-state index contributed by atoms with van der Waals surface area (Å²) >= 11 is 0. The van der Waals surface area contributed by atoms with Crippen LogP contribution in [-0.4, -0.2) is 37.1 Å². The second-order valence-corrected chi connectivity index (χ2v) is 5.61. The molecule has 20 heavy (non-hydrogen) atoms. The Bertz CT molecular complexity index is 478. The maximum atomic E-state index is 13.0. The highest BCUT2D eigenvalue weighted by Gasteiger charge is 2.40. The van der Waals surface area contributed by atoms with Crippen molar-refractivity contribution < 1.29 is 9.18 Å². The van der Waals surface area contributed by atoms with Crippen molar-refractivity contribution in [3.63, 3.8) is 0 Å². The molecule has 1 saturated heterocycles. The van der Waals surface area contributed by atoms with Crippen molar-refractivity contribution in [2.45, 2.75) is 24.8 Å². The molecule has 5 heteroatoms. The van der Waals surface area contributed by atoms with Gasteiger partial charge in [-0.15, -0.1) is 0 Å². The minimum Gasteiger partial charge on any atom is -0.328 e. The highest BCUT2D eigenvalue weighted by atomic mass is 19.1. The minimum atomic E-state index is -0.296. The van der Waals surface area contributed by atoms with Gasteiger partial charge in [-0.25, -0.2) is 9.18 Å². The number of amides is 2. The van der Waals surface area contributed by atoms with Crippen LogP contribution in [0.4, 0.5) is 9.18 Å². The number of rotatable bonds is 2. The van der Waals surface area contributed by atoms with E-state index in [4.69, 9.17) is 0 Å². The molecule has 0 radical (unpaired) electrons. The van der Waals surface area contributed by atoms with Gasteiger partial charge in [0.1, 0.15) is 5.82 Å². The number of hydrogen-bond donors (Lipinski definition) is 2. The van der Waals surface area contributed by atoms with Crippen LogP contribution in [0.15, 0.2) is 24.3 Å². The van der Waals surface area contributed by atoms with Gasteiger partial charge in [-0.3, -0.25) is 0 Å². The van der Waals surface area contributed by atoms with E-state index >= 15 is 0 Å². The second-order valence-electron chi connectivity index (χ2n) is 5.61. The van der Waals surface area contributed by atoms with E-state index in [-0.39, 0.29) is 17.4 Å². The van der Waals surface area contributed by atoms with E-state index in [1.165, 1.54) is 12.1 Å². The van der Waals surface area contributed by atoms with E-state index in [0.717, 1.165) is 51.0 Å². The normalized spacial score (nSPS) is 21.1. The Morgan fingerprint density at radius 1 is 1.20 bits per heavy atom. The largest absolute Gasteiger partial charge is 0.328 e. The molecule has 3 rings (SSSR count). The second kappa shape index (κ2) is 5.40. The fourth-order valence-electron chi connectivity index (χ4n) is 2.94. The molecule has 2 aliphatic rings. The van der Waals surface area contributed by atoms with Gasteiger partial charge in [-0.2, -0.15) is 0 Å². The number of carbonyl (C=O) groups excluding carboxylic acids is 1. The highest BCUT2D eigenvalue weighted by molar-refractivity contribution is 5.75. The molecule has 2 fully saturated rings. The first-order valence-corrected chi connectivity index (χ1v) is 7.23. The maximum Gasteiger partial charge on any atom is 0.318 e. The lowest BCUT2D eigenvalue weighted by Gasteiger charge is -2.44. The van der Waals surface area contributed by atoms with E-state index in [0.29, 0.717) is 0 Å². The van der Waals surface area contributed by atoms with Crippen molar-refractivity contribution in [3.8, 4) is 0 Å². The first-order chi connectivity index (χ1) is 9.70. The molecule has 0 bridgehead atoms. The van der Waals surface area contributed by atoms with Crippen LogP contribution in [0.25, 0.3) is 0 Å². The van der Waals surface area contributed by atoms with Crippen LogP contribution < -0.4 is 10.6 Å². The lowest BCUT2D eigenvalue weighted by Crippen LogP contribution is -2.57. The van der Waals surface area contributed by atoms with Gasteiger partial charge in [0.05, 0.1) is 5.54 Å². The average molecular weight is 277 g/mol. The summed E-state index contributed by atoms with van der Waals surface area (Å²) in [4.78, 5) is 14.2. The quantitative estimate of drug-likeness (QED) is 0.866. The van der Waals surface area contributed by atoms with Gasteiger partial charge in [-0.1, -0.05) is 12.1 Å². The summed E-state index contributed by atoms with van der Waals surface area (Å²) in [7, 11) is 0. The minimum absolute atomic E-state index is 0.00414. The van der Waals surface area contributed by atoms with Crippen LogP contribution in [0, 0.1) is 5.82 Å². The first-order valence-electron chi connectivity index (χ1n) is 7.23. The molecule has 0 aromatic heterocycles. The van der Waals surface area contributed by atoms with E-state index < -0.39 is 0 Å². The molecular weight excluding hydrogens is 257 g/mol. The topological polar surface area (TPSA) is 44.4 Å². The highest BCUT2D eigenvalue weighted by Crippen LogP contribution is 2.41. The number of carbonyl (C=O) groups is 1. The van der Waals surface area contributed by atoms with Gasteiger partial charge in [-0.05, 0) is 37.0 Å². The van der Waals surface area contributed by atoms with E-state index in [1.807, 2.05) is 4.90 Å². The summed E-state index contributed by atoms with van der Waals surface area (Å²) in [6, 6.07) is 6.49. The van der Waals surface area contributed by atoms with Crippen LogP contribution >= 0.6 is 0 Å². The number of nitrogens with zero attached hydrogens (tertiary/aromatic N) is 1.